The molecule has 0 unspecified atom stereocenters. The largest absolute Gasteiger partial charge is 0.378 e. The van der Waals surface area contributed by atoms with Crippen LogP contribution in [0, 0.1) is 18.3 Å². The Kier molecular flexibility index (Phi) is 7.87. The van der Waals surface area contributed by atoms with Crippen molar-refractivity contribution in [1.29, 1.82) is 5.26 Å². The van der Waals surface area contributed by atoms with Gasteiger partial charge in [-0.2, -0.15) is 10.4 Å². The summed E-state index contributed by atoms with van der Waals surface area (Å²) in [4.78, 5) is 19.6. The Labute approximate surface area is 216 Å². The summed E-state index contributed by atoms with van der Waals surface area (Å²) in [7, 11) is 0. The summed E-state index contributed by atoms with van der Waals surface area (Å²) >= 11 is 1.59. The molecule has 8 nitrogen and oxygen atoms in total. The molecule has 0 bridgehead atoms. The first kappa shape index (κ1) is 25.6. The quantitative estimate of drug-likeness (QED) is 0.644. The van der Waals surface area contributed by atoms with E-state index >= 15 is 0 Å². The molecule has 1 aromatic carbocycles. The number of hydrogen-bond acceptors (Lipinski definition) is 8. The second kappa shape index (κ2) is 11.1. The molecule has 1 N–H and O–H groups in total. The maximum absolute atomic E-state index is 13.0. The van der Waals surface area contributed by atoms with Gasteiger partial charge in [0.25, 0.3) is 5.91 Å². The van der Waals surface area contributed by atoms with E-state index in [1.54, 1.807) is 43.9 Å². The fourth-order valence-electron chi connectivity index (χ4n) is 4.04. The van der Waals surface area contributed by atoms with Crippen molar-refractivity contribution in [3.8, 4) is 6.07 Å². The number of pyridine rings is 1. The van der Waals surface area contributed by atoms with Crippen molar-refractivity contribution in [1.82, 2.24) is 9.88 Å². The number of carbonyl (C=O) groups excluding carboxylic acids is 1. The highest BCUT2D eigenvalue weighted by Gasteiger charge is 2.23. The van der Waals surface area contributed by atoms with Crippen LogP contribution in [-0.4, -0.2) is 59.1 Å². The zero-order valence-corrected chi connectivity index (χ0v) is 21.9. The molecule has 1 fully saturated rings. The third kappa shape index (κ3) is 5.66. The number of anilines is 1. The Morgan fingerprint density at radius 2 is 1.97 bits per heavy atom. The van der Waals surface area contributed by atoms with E-state index in [4.69, 9.17) is 4.74 Å². The van der Waals surface area contributed by atoms with Gasteiger partial charge in [-0.05, 0) is 56.9 Å². The molecule has 0 aliphatic carbocycles. The fraction of sp³-hybridized carbons (Fsp3) is 0.370. The topological polar surface area (TPSA) is 103 Å². The predicted octanol–water partition coefficient (Wildman–Crippen LogP) is 4.53. The first-order valence-electron chi connectivity index (χ1n) is 11.8. The second-order valence-corrected chi connectivity index (χ2v) is 9.99. The van der Waals surface area contributed by atoms with Gasteiger partial charge < -0.3 is 15.0 Å². The standard InChI is InChI=1S/C27H30N6O2S/c1-18-5-6-20(30-25(34)19-9-10-29-24(15-19)27(2,3)17-28)16-21(18)22-7-8-23(26(36-4)32-31-22)33-11-13-35-14-12-33/h5-6,8-10,15-16H,7,11-14H2,1-4H3,(H,30,34). The van der Waals surface area contributed by atoms with Crippen molar-refractivity contribution in [2.75, 3.05) is 37.9 Å². The lowest BCUT2D eigenvalue weighted by Gasteiger charge is -2.30. The molecular weight excluding hydrogens is 472 g/mol. The van der Waals surface area contributed by atoms with Gasteiger partial charge in [-0.25, -0.2) is 0 Å². The Hall–Kier alpha value is -3.48. The number of nitrogens with zero attached hydrogens (tertiary/aromatic N) is 5. The Morgan fingerprint density at radius 1 is 1.19 bits per heavy atom. The molecule has 1 saturated heterocycles. The molecule has 2 aliphatic rings. The number of morpholine rings is 1. The van der Waals surface area contributed by atoms with Crippen molar-refractivity contribution in [3.05, 3.63) is 70.7 Å². The number of rotatable bonds is 5. The van der Waals surface area contributed by atoms with Gasteiger partial charge in [0.15, 0.2) is 0 Å². The Morgan fingerprint density at radius 3 is 2.69 bits per heavy atom. The van der Waals surface area contributed by atoms with Crippen LogP contribution < -0.4 is 5.32 Å². The van der Waals surface area contributed by atoms with Gasteiger partial charge in [0, 0.05) is 42.5 Å². The van der Waals surface area contributed by atoms with Gasteiger partial charge in [0.05, 0.1) is 41.8 Å². The highest BCUT2D eigenvalue weighted by atomic mass is 32.2. The number of ether oxygens (including phenoxy) is 1. The lowest BCUT2D eigenvalue weighted by Crippen LogP contribution is -2.37. The molecule has 1 aromatic heterocycles. The number of carbonyl (C=O) groups is 1. The van der Waals surface area contributed by atoms with E-state index in [1.165, 1.54) is 0 Å². The van der Waals surface area contributed by atoms with E-state index < -0.39 is 5.41 Å². The van der Waals surface area contributed by atoms with Gasteiger partial charge in [-0.15, -0.1) is 16.9 Å². The minimum Gasteiger partial charge on any atom is -0.378 e. The van der Waals surface area contributed by atoms with Crippen LogP contribution in [0.15, 0.2) is 58.5 Å². The van der Waals surface area contributed by atoms with E-state index in [0.717, 1.165) is 40.7 Å². The van der Waals surface area contributed by atoms with E-state index in [1.807, 2.05) is 31.4 Å². The second-order valence-electron chi connectivity index (χ2n) is 9.20. The summed E-state index contributed by atoms with van der Waals surface area (Å²) < 4.78 is 5.51. The molecule has 0 radical (unpaired) electrons. The monoisotopic (exact) mass is 502 g/mol. The SMILES string of the molecule is CSC1=NN=C(c2cc(NC(=O)c3ccnc(C(C)(C)C#N)c3)ccc2C)CC=C1N1CCOCC1. The molecule has 0 atom stereocenters. The number of benzene rings is 1. The number of thioether (sulfide) groups is 1. The maximum atomic E-state index is 13.0. The van der Waals surface area contributed by atoms with Crippen LogP contribution in [0.1, 0.15) is 47.4 Å². The van der Waals surface area contributed by atoms with Gasteiger partial charge in [-0.1, -0.05) is 12.1 Å². The van der Waals surface area contributed by atoms with Crippen LogP contribution in [0.2, 0.25) is 0 Å². The lowest BCUT2D eigenvalue weighted by molar-refractivity contribution is 0.0565. The van der Waals surface area contributed by atoms with Gasteiger partial charge in [-0.3, -0.25) is 9.78 Å². The summed E-state index contributed by atoms with van der Waals surface area (Å²) in [5.41, 5.74) is 4.83. The predicted molar refractivity (Wildman–Crippen MR) is 145 cm³/mol. The highest BCUT2D eigenvalue weighted by molar-refractivity contribution is 8.13. The molecule has 0 spiro atoms. The molecule has 0 saturated carbocycles. The summed E-state index contributed by atoms with van der Waals surface area (Å²) in [6.07, 6.45) is 6.39. The van der Waals surface area contributed by atoms with Crippen LogP contribution >= 0.6 is 11.8 Å². The molecule has 3 heterocycles. The van der Waals surface area contributed by atoms with Crippen LogP contribution in [-0.2, 0) is 10.2 Å². The third-order valence-corrected chi connectivity index (χ3v) is 6.94. The Balaban J connectivity index is 1.57. The molecule has 2 aromatic rings. The maximum Gasteiger partial charge on any atom is 0.255 e. The third-order valence-electron chi connectivity index (χ3n) is 6.26. The zero-order valence-electron chi connectivity index (χ0n) is 21.0. The van der Waals surface area contributed by atoms with Crippen molar-refractivity contribution >= 4 is 34.1 Å². The van der Waals surface area contributed by atoms with Gasteiger partial charge in [0.2, 0.25) is 0 Å². The molecule has 36 heavy (non-hydrogen) atoms. The van der Waals surface area contributed by atoms with Crippen LogP contribution in [0.3, 0.4) is 0 Å². The normalized spacial score (nSPS) is 16.3. The number of nitrogens with one attached hydrogen (secondary N) is 1. The van der Waals surface area contributed by atoms with Gasteiger partial charge >= 0.3 is 0 Å². The van der Waals surface area contributed by atoms with Gasteiger partial charge in [0.1, 0.15) is 5.04 Å². The van der Waals surface area contributed by atoms with E-state index in [-0.39, 0.29) is 5.91 Å². The number of nitriles is 1. The van der Waals surface area contributed by atoms with E-state index in [2.05, 4.69) is 37.5 Å². The first-order chi connectivity index (χ1) is 17.3. The fourth-order valence-corrected chi connectivity index (χ4v) is 4.59. The number of aryl methyl sites for hydroxylation is 1. The number of amides is 1. The van der Waals surface area contributed by atoms with Crippen LogP contribution in [0.4, 0.5) is 5.69 Å². The van der Waals surface area contributed by atoms with Crippen LogP contribution in [0.5, 0.6) is 0 Å². The number of hydrogen-bond donors (Lipinski definition) is 1. The summed E-state index contributed by atoms with van der Waals surface area (Å²) in [5.74, 6) is -0.262. The Bertz CT molecular complexity index is 1290. The zero-order chi connectivity index (χ0) is 25.7. The van der Waals surface area contributed by atoms with Crippen molar-refractivity contribution in [2.45, 2.75) is 32.6 Å². The molecule has 9 heteroatoms. The minimum atomic E-state index is -0.783. The highest BCUT2D eigenvalue weighted by Crippen LogP contribution is 2.25. The van der Waals surface area contributed by atoms with Crippen molar-refractivity contribution in [2.24, 2.45) is 10.2 Å². The number of aromatic nitrogens is 1. The molecular formula is C27H30N6O2S. The first-order valence-corrected chi connectivity index (χ1v) is 13.1. The summed E-state index contributed by atoms with van der Waals surface area (Å²) in [5, 5.41) is 22.5. The average molecular weight is 503 g/mol. The summed E-state index contributed by atoms with van der Waals surface area (Å²) in [6, 6.07) is 11.3. The lowest BCUT2D eigenvalue weighted by atomic mass is 9.90. The average Bonchev–Trinajstić information content (AvgIpc) is 3.13. The smallest absolute Gasteiger partial charge is 0.255 e. The summed E-state index contributed by atoms with van der Waals surface area (Å²) in [6.45, 7) is 8.68. The van der Waals surface area contributed by atoms with Crippen LogP contribution in [0.25, 0.3) is 0 Å². The van der Waals surface area contributed by atoms with Crippen molar-refractivity contribution in [3.63, 3.8) is 0 Å². The van der Waals surface area contributed by atoms with E-state index in [0.29, 0.717) is 36.6 Å². The number of allylic oxidation sites excluding steroid dienone is 1. The molecule has 4 rings (SSSR count). The molecule has 2 aliphatic heterocycles. The minimum absolute atomic E-state index is 0.262. The molecule has 1 amide bonds. The van der Waals surface area contributed by atoms with Crippen molar-refractivity contribution < 1.29 is 9.53 Å². The van der Waals surface area contributed by atoms with E-state index in [9.17, 15) is 10.1 Å². The molecule has 186 valence electrons.